The van der Waals surface area contributed by atoms with E-state index in [9.17, 15) is 8.42 Å². The lowest BCUT2D eigenvalue weighted by Gasteiger charge is -2.18. The standard InChI is InChI=1S/C17H32N2.C8H8O3S/c1-3-5-6-7-8-9-10-11-12-13-14-19-16-15-18(4-2)17-19;1-2-7-3-5-8(6-4-7)12(9,10)11/h4,15-16H,2-3,5-14,17H2,1H3;2-6H,1H2,(H,9,10,11). The monoisotopic (exact) mass is 448 g/mol. The molecule has 0 aliphatic carbocycles. The van der Waals surface area contributed by atoms with E-state index in [0.717, 1.165) is 12.2 Å². The molecule has 1 heterocycles. The molecule has 1 N–H and O–H groups in total. The minimum atomic E-state index is -4.06. The van der Waals surface area contributed by atoms with Crippen LogP contribution in [0.2, 0.25) is 0 Å². The molecule has 1 aliphatic rings. The van der Waals surface area contributed by atoms with Gasteiger partial charge in [0.1, 0.15) is 0 Å². The molecule has 1 aliphatic heterocycles. The van der Waals surface area contributed by atoms with E-state index in [2.05, 4.69) is 42.3 Å². The summed E-state index contributed by atoms with van der Waals surface area (Å²) < 4.78 is 29.7. The van der Waals surface area contributed by atoms with Crippen molar-refractivity contribution in [2.75, 3.05) is 13.2 Å². The van der Waals surface area contributed by atoms with Crippen LogP contribution in [0, 0.1) is 0 Å². The molecule has 0 unspecified atom stereocenters. The molecule has 0 fully saturated rings. The average molecular weight is 449 g/mol. The molecule has 0 amide bonds. The lowest BCUT2D eigenvalue weighted by atomic mass is 10.1. The van der Waals surface area contributed by atoms with Crippen molar-refractivity contribution in [3.8, 4) is 0 Å². The molecule has 0 radical (unpaired) electrons. The Hall–Kier alpha value is -2.05. The Balaban J connectivity index is 0.000000343. The summed E-state index contributed by atoms with van der Waals surface area (Å²) in [6.07, 6.45) is 21.9. The van der Waals surface area contributed by atoms with Crippen molar-refractivity contribution < 1.29 is 13.0 Å². The van der Waals surface area contributed by atoms with E-state index < -0.39 is 10.1 Å². The summed E-state index contributed by atoms with van der Waals surface area (Å²) in [6.45, 7) is 11.8. The zero-order valence-corrected chi connectivity index (χ0v) is 19.9. The maximum atomic E-state index is 10.6. The van der Waals surface area contributed by atoms with E-state index >= 15 is 0 Å². The molecule has 0 saturated heterocycles. The lowest BCUT2D eigenvalue weighted by molar-refractivity contribution is 0.307. The number of nitrogens with zero attached hydrogens (tertiary/aromatic N) is 2. The summed E-state index contributed by atoms with van der Waals surface area (Å²) in [6, 6.07) is 5.78. The van der Waals surface area contributed by atoms with Crippen LogP contribution in [0.15, 0.2) is 60.9 Å². The first-order valence-corrected chi connectivity index (χ1v) is 12.9. The van der Waals surface area contributed by atoms with Crippen LogP contribution in [0.1, 0.15) is 76.7 Å². The lowest BCUT2D eigenvalue weighted by Crippen LogP contribution is -2.22. The van der Waals surface area contributed by atoms with E-state index in [0.29, 0.717) is 0 Å². The molecule has 0 aromatic heterocycles. The van der Waals surface area contributed by atoms with E-state index in [4.69, 9.17) is 4.55 Å². The SMILES string of the molecule is C=CN1C=CN(CCCCCCCCCCCC)C1.C=Cc1ccc(S(=O)(=O)O)cc1. The van der Waals surface area contributed by atoms with Crippen LogP contribution in [0.3, 0.4) is 0 Å². The Morgan fingerprint density at radius 1 is 0.903 bits per heavy atom. The fourth-order valence-corrected chi connectivity index (χ4v) is 3.81. The molecule has 0 bridgehead atoms. The molecular weight excluding hydrogens is 408 g/mol. The summed E-state index contributed by atoms with van der Waals surface area (Å²) in [5.41, 5.74) is 0.808. The van der Waals surface area contributed by atoms with E-state index in [1.807, 2.05) is 6.20 Å². The van der Waals surface area contributed by atoms with Crippen LogP contribution < -0.4 is 0 Å². The van der Waals surface area contributed by atoms with E-state index in [-0.39, 0.29) is 4.90 Å². The summed E-state index contributed by atoms with van der Waals surface area (Å²) >= 11 is 0. The molecular formula is C25H40N2O3S. The van der Waals surface area contributed by atoms with E-state index in [1.54, 1.807) is 18.2 Å². The van der Waals surface area contributed by atoms with Crippen LogP contribution in [0.25, 0.3) is 6.08 Å². The van der Waals surface area contributed by atoms with Crippen molar-refractivity contribution in [1.29, 1.82) is 0 Å². The molecule has 1 aromatic carbocycles. The Labute approximate surface area is 189 Å². The Morgan fingerprint density at radius 2 is 1.45 bits per heavy atom. The van der Waals surface area contributed by atoms with Gasteiger partial charge in [-0.15, -0.1) is 0 Å². The molecule has 5 nitrogen and oxygen atoms in total. The number of hydrogen-bond acceptors (Lipinski definition) is 4. The third-order valence-electron chi connectivity index (χ3n) is 5.26. The Bertz CT molecular complexity index is 757. The third kappa shape index (κ3) is 12.4. The summed E-state index contributed by atoms with van der Waals surface area (Å²) in [7, 11) is -4.06. The first kappa shape index (κ1) is 27.0. The second kappa shape index (κ2) is 15.7. The van der Waals surface area contributed by atoms with Crippen molar-refractivity contribution in [3.05, 3.63) is 61.6 Å². The van der Waals surface area contributed by atoms with Gasteiger partial charge in [-0.05, 0) is 30.3 Å². The normalized spacial score (nSPS) is 13.1. The summed E-state index contributed by atoms with van der Waals surface area (Å²) in [5.74, 6) is 0. The quantitative estimate of drug-likeness (QED) is 0.254. The maximum Gasteiger partial charge on any atom is 0.294 e. The van der Waals surface area contributed by atoms with Gasteiger partial charge in [0.05, 0.1) is 11.6 Å². The molecule has 2 rings (SSSR count). The van der Waals surface area contributed by atoms with Gasteiger partial charge >= 0.3 is 0 Å². The van der Waals surface area contributed by atoms with Crippen molar-refractivity contribution >= 4 is 16.2 Å². The maximum absolute atomic E-state index is 10.6. The van der Waals surface area contributed by atoms with E-state index in [1.165, 1.54) is 82.9 Å². The minimum absolute atomic E-state index is 0.104. The van der Waals surface area contributed by atoms with Gasteiger partial charge in [0.2, 0.25) is 0 Å². The number of benzene rings is 1. The third-order valence-corrected chi connectivity index (χ3v) is 6.13. The van der Waals surface area contributed by atoms with Crippen molar-refractivity contribution in [1.82, 2.24) is 9.80 Å². The van der Waals surface area contributed by atoms with Crippen LogP contribution in [0.5, 0.6) is 0 Å². The predicted octanol–water partition coefficient (Wildman–Crippen LogP) is 6.67. The smallest absolute Gasteiger partial charge is 0.294 e. The van der Waals surface area contributed by atoms with Gasteiger partial charge in [-0.2, -0.15) is 8.42 Å². The highest BCUT2D eigenvalue weighted by Crippen LogP contribution is 2.13. The van der Waals surface area contributed by atoms with Crippen molar-refractivity contribution in [2.24, 2.45) is 0 Å². The highest BCUT2D eigenvalue weighted by Gasteiger charge is 2.08. The first-order chi connectivity index (χ1) is 14.9. The topological polar surface area (TPSA) is 60.9 Å². The highest BCUT2D eigenvalue weighted by atomic mass is 32.2. The average Bonchev–Trinajstić information content (AvgIpc) is 3.23. The van der Waals surface area contributed by atoms with Crippen molar-refractivity contribution in [2.45, 2.75) is 76.0 Å². The fourth-order valence-electron chi connectivity index (χ4n) is 3.33. The van der Waals surface area contributed by atoms with Gasteiger partial charge in [0.25, 0.3) is 10.1 Å². The molecule has 6 heteroatoms. The van der Waals surface area contributed by atoms with Crippen LogP contribution >= 0.6 is 0 Å². The van der Waals surface area contributed by atoms with Gasteiger partial charge in [0, 0.05) is 18.9 Å². The number of unbranched alkanes of at least 4 members (excludes halogenated alkanes) is 9. The highest BCUT2D eigenvalue weighted by molar-refractivity contribution is 7.85. The van der Waals surface area contributed by atoms with Gasteiger partial charge in [0.15, 0.2) is 0 Å². The molecule has 0 saturated carbocycles. The second-order valence-corrected chi connectivity index (χ2v) is 9.30. The zero-order chi connectivity index (χ0) is 23.0. The largest absolute Gasteiger partial charge is 0.358 e. The van der Waals surface area contributed by atoms with Gasteiger partial charge in [-0.1, -0.05) is 96.1 Å². The fraction of sp³-hybridized carbons (Fsp3) is 0.520. The van der Waals surface area contributed by atoms with Gasteiger partial charge in [-0.25, -0.2) is 0 Å². The summed E-state index contributed by atoms with van der Waals surface area (Å²) in [5, 5.41) is 0. The summed E-state index contributed by atoms with van der Waals surface area (Å²) in [4.78, 5) is 4.39. The molecule has 0 spiro atoms. The predicted molar refractivity (Wildman–Crippen MR) is 131 cm³/mol. The minimum Gasteiger partial charge on any atom is -0.358 e. The van der Waals surface area contributed by atoms with Crippen molar-refractivity contribution in [3.63, 3.8) is 0 Å². The Morgan fingerprint density at radius 3 is 1.90 bits per heavy atom. The van der Waals surface area contributed by atoms with Crippen LogP contribution in [0.4, 0.5) is 0 Å². The number of rotatable bonds is 14. The number of hydrogen-bond donors (Lipinski definition) is 1. The van der Waals surface area contributed by atoms with Crippen LogP contribution in [-0.2, 0) is 10.1 Å². The molecule has 0 atom stereocenters. The Kier molecular flexibility index (Phi) is 13.7. The van der Waals surface area contributed by atoms with Crippen LogP contribution in [-0.4, -0.2) is 36.0 Å². The molecule has 1 aromatic rings. The zero-order valence-electron chi connectivity index (χ0n) is 19.1. The van der Waals surface area contributed by atoms with Gasteiger partial charge < -0.3 is 9.80 Å². The molecule has 174 valence electrons. The molecule has 31 heavy (non-hydrogen) atoms. The van der Waals surface area contributed by atoms with Gasteiger partial charge in [-0.3, -0.25) is 4.55 Å². The second-order valence-electron chi connectivity index (χ2n) is 7.88. The first-order valence-electron chi connectivity index (χ1n) is 11.4.